The molecule has 0 aromatic carbocycles. The topological polar surface area (TPSA) is 61.8 Å². The minimum atomic E-state index is 0.588. The minimum absolute atomic E-state index is 0.588. The van der Waals surface area contributed by atoms with Crippen LogP contribution >= 0.6 is 0 Å². The second kappa shape index (κ2) is 10.8. The number of nitrogens with one attached hydrogen (secondary N) is 2. The van der Waals surface area contributed by atoms with E-state index in [4.69, 9.17) is 4.74 Å². The molecule has 0 aliphatic carbocycles. The summed E-state index contributed by atoms with van der Waals surface area (Å²) in [4.78, 5) is 10.5. The summed E-state index contributed by atoms with van der Waals surface area (Å²) in [6.45, 7) is 7.47. The monoisotopic (exact) mass is 321 g/mol. The smallest absolute Gasteiger partial charge is 0.191 e. The summed E-state index contributed by atoms with van der Waals surface area (Å²) in [7, 11) is 5.76. The molecule has 0 fully saturated rings. The van der Waals surface area contributed by atoms with Gasteiger partial charge in [0.15, 0.2) is 5.96 Å². The molecule has 1 rings (SSSR count). The Labute approximate surface area is 140 Å². The molecule has 0 saturated carbocycles. The fourth-order valence-corrected chi connectivity index (χ4v) is 1.92. The third kappa shape index (κ3) is 8.40. The van der Waals surface area contributed by atoms with E-state index in [2.05, 4.69) is 40.5 Å². The molecule has 6 heteroatoms. The molecule has 6 nitrogen and oxygen atoms in total. The van der Waals surface area contributed by atoms with Gasteiger partial charge in [0.1, 0.15) is 5.82 Å². The maximum absolute atomic E-state index is 5.56. The number of guanidine groups is 1. The van der Waals surface area contributed by atoms with Crippen LogP contribution in [0.3, 0.4) is 0 Å². The maximum Gasteiger partial charge on any atom is 0.191 e. The van der Waals surface area contributed by atoms with Gasteiger partial charge >= 0.3 is 0 Å². The van der Waals surface area contributed by atoms with E-state index in [1.54, 1.807) is 7.05 Å². The van der Waals surface area contributed by atoms with Crippen LogP contribution in [0.15, 0.2) is 23.3 Å². The number of rotatable bonds is 9. The molecule has 1 aromatic heterocycles. The molecule has 2 N–H and O–H groups in total. The molecule has 23 heavy (non-hydrogen) atoms. The minimum Gasteiger partial charge on any atom is -0.381 e. The Bertz CT molecular complexity index is 474. The standard InChI is InChI=1S/C17H31N5O/c1-14(2)13-23-10-6-8-20-17(18-3)21-12-15-7-9-19-16(11-15)22(4)5/h7,9,11,14H,6,8,10,12-13H2,1-5H3,(H2,18,20,21). The van der Waals surface area contributed by atoms with Gasteiger partial charge in [0.05, 0.1) is 0 Å². The highest BCUT2D eigenvalue weighted by molar-refractivity contribution is 5.79. The van der Waals surface area contributed by atoms with Crippen LogP contribution in [0.2, 0.25) is 0 Å². The molecule has 130 valence electrons. The molecule has 0 saturated heterocycles. The number of anilines is 1. The SMILES string of the molecule is CN=C(NCCCOCC(C)C)NCc1ccnc(N(C)C)c1. The maximum atomic E-state index is 5.56. The van der Waals surface area contributed by atoms with Crippen molar-refractivity contribution in [1.29, 1.82) is 0 Å². The van der Waals surface area contributed by atoms with E-state index >= 15 is 0 Å². The van der Waals surface area contributed by atoms with Crippen molar-refractivity contribution in [2.75, 3.05) is 45.8 Å². The molecule has 0 bridgehead atoms. The number of aromatic nitrogens is 1. The Morgan fingerprint density at radius 3 is 2.78 bits per heavy atom. The number of hydrogen-bond donors (Lipinski definition) is 2. The van der Waals surface area contributed by atoms with Crippen LogP contribution in [-0.4, -0.2) is 51.8 Å². The summed E-state index contributed by atoms with van der Waals surface area (Å²) in [6.07, 6.45) is 2.79. The first-order valence-corrected chi connectivity index (χ1v) is 8.17. The molecule has 1 aromatic rings. The average molecular weight is 321 g/mol. The van der Waals surface area contributed by atoms with Gasteiger partial charge in [-0.25, -0.2) is 4.98 Å². The predicted octanol–water partition coefficient (Wildman–Crippen LogP) is 1.88. The first-order chi connectivity index (χ1) is 11.0. The Balaban J connectivity index is 2.27. The van der Waals surface area contributed by atoms with E-state index in [0.29, 0.717) is 12.5 Å². The summed E-state index contributed by atoms with van der Waals surface area (Å²) in [5.41, 5.74) is 1.17. The number of hydrogen-bond acceptors (Lipinski definition) is 4. The van der Waals surface area contributed by atoms with Crippen molar-refractivity contribution in [1.82, 2.24) is 15.6 Å². The number of nitrogens with zero attached hydrogens (tertiary/aromatic N) is 3. The Morgan fingerprint density at radius 2 is 2.13 bits per heavy atom. The lowest BCUT2D eigenvalue weighted by molar-refractivity contribution is 0.108. The van der Waals surface area contributed by atoms with Crippen molar-refractivity contribution in [2.45, 2.75) is 26.8 Å². The van der Waals surface area contributed by atoms with Gasteiger partial charge in [-0.2, -0.15) is 0 Å². The zero-order valence-corrected chi connectivity index (χ0v) is 15.1. The molecule has 1 heterocycles. The Morgan fingerprint density at radius 1 is 1.35 bits per heavy atom. The van der Waals surface area contributed by atoms with Gasteiger partial charge in [0.2, 0.25) is 0 Å². The van der Waals surface area contributed by atoms with Gasteiger partial charge in [-0.3, -0.25) is 4.99 Å². The van der Waals surface area contributed by atoms with Crippen molar-refractivity contribution < 1.29 is 4.74 Å². The predicted molar refractivity (Wildman–Crippen MR) is 97.0 cm³/mol. The van der Waals surface area contributed by atoms with Crippen molar-refractivity contribution in [3.8, 4) is 0 Å². The first-order valence-electron chi connectivity index (χ1n) is 8.17. The van der Waals surface area contributed by atoms with Crippen LogP contribution in [0.4, 0.5) is 5.82 Å². The van der Waals surface area contributed by atoms with E-state index in [1.165, 1.54) is 5.56 Å². The van der Waals surface area contributed by atoms with Crippen LogP contribution in [0.5, 0.6) is 0 Å². The molecule has 0 aliphatic heterocycles. The average Bonchev–Trinajstić information content (AvgIpc) is 2.53. The van der Waals surface area contributed by atoms with Gasteiger partial charge < -0.3 is 20.3 Å². The summed E-state index contributed by atoms with van der Waals surface area (Å²) >= 11 is 0. The molecule has 0 atom stereocenters. The van der Waals surface area contributed by atoms with Gasteiger partial charge in [-0.15, -0.1) is 0 Å². The summed E-state index contributed by atoms with van der Waals surface area (Å²) in [6, 6.07) is 4.08. The molecule has 0 spiro atoms. The fraction of sp³-hybridized carbons (Fsp3) is 0.647. The van der Waals surface area contributed by atoms with Crippen molar-refractivity contribution >= 4 is 11.8 Å². The summed E-state index contributed by atoms with van der Waals surface area (Å²) in [5, 5.41) is 6.61. The lowest BCUT2D eigenvalue weighted by Gasteiger charge is -2.14. The fourth-order valence-electron chi connectivity index (χ4n) is 1.92. The van der Waals surface area contributed by atoms with Gasteiger partial charge in [0, 0.05) is 53.6 Å². The van der Waals surface area contributed by atoms with Crippen LogP contribution in [0.1, 0.15) is 25.8 Å². The molecular formula is C17H31N5O. The Hall–Kier alpha value is -1.82. The number of ether oxygens (including phenoxy) is 1. The second-order valence-corrected chi connectivity index (χ2v) is 6.09. The van der Waals surface area contributed by atoms with Crippen LogP contribution < -0.4 is 15.5 Å². The van der Waals surface area contributed by atoms with Crippen LogP contribution in [0.25, 0.3) is 0 Å². The van der Waals surface area contributed by atoms with E-state index < -0.39 is 0 Å². The third-order valence-electron chi connectivity index (χ3n) is 3.16. The molecular weight excluding hydrogens is 290 g/mol. The van der Waals surface area contributed by atoms with Gasteiger partial charge in [0.25, 0.3) is 0 Å². The van der Waals surface area contributed by atoms with Gasteiger partial charge in [-0.05, 0) is 30.0 Å². The number of aliphatic imine (C=N–C) groups is 1. The zero-order chi connectivity index (χ0) is 17.1. The van der Waals surface area contributed by atoms with E-state index in [-0.39, 0.29) is 0 Å². The van der Waals surface area contributed by atoms with Crippen LogP contribution in [0, 0.1) is 5.92 Å². The molecule has 0 aliphatic rings. The molecule has 0 amide bonds. The quantitative estimate of drug-likeness (QED) is 0.413. The second-order valence-electron chi connectivity index (χ2n) is 6.09. The largest absolute Gasteiger partial charge is 0.381 e. The molecule has 0 radical (unpaired) electrons. The lowest BCUT2D eigenvalue weighted by atomic mass is 10.2. The Kier molecular flexibility index (Phi) is 9.05. The summed E-state index contributed by atoms with van der Waals surface area (Å²) in [5.74, 6) is 2.34. The summed E-state index contributed by atoms with van der Waals surface area (Å²) < 4.78 is 5.56. The third-order valence-corrected chi connectivity index (χ3v) is 3.16. The zero-order valence-electron chi connectivity index (χ0n) is 15.1. The van der Waals surface area contributed by atoms with Crippen molar-refractivity contribution in [3.63, 3.8) is 0 Å². The normalized spacial score (nSPS) is 11.7. The highest BCUT2D eigenvalue weighted by Crippen LogP contribution is 2.09. The highest BCUT2D eigenvalue weighted by atomic mass is 16.5. The first kappa shape index (κ1) is 19.2. The molecule has 0 unspecified atom stereocenters. The number of pyridine rings is 1. The lowest BCUT2D eigenvalue weighted by Crippen LogP contribution is -2.37. The van der Waals surface area contributed by atoms with Crippen molar-refractivity contribution in [2.24, 2.45) is 10.9 Å². The van der Waals surface area contributed by atoms with Crippen LogP contribution in [-0.2, 0) is 11.3 Å². The van der Waals surface area contributed by atoms with Crippen molar-refractivity contribution in [3.05, 3.63) is 23.9 Å². The highest BCUT2D eigenvalue weighted by Gasteiger charge is 2.01. The van der Waals surface area contributed by atoms with E-state index in [9.17, 15) is 0 Å². The van der Waals surface area contributed by atoms with E-state index in [0.717, 1.165) is 38.0 Å². The van der Waals surface area contributed by atoms with Gasteiger partial charge in [-0.1, -0.05) is 13.8 Å². The van der Waals surface area contributed by atoms with E-state index in [1.807, 2.05) is 31.3 Å².